The van der Waals surface area contributed by atoms with Crippen molar-refractivity contribution in [2.75, 3.05) is 20.3 Å². The van der Waals surface area contributed by atoms with Gasteiger partial charge in [-0.3, -0.25) is 4.79 Å². The predicted molar refractivity (Wildman–Crippen MR) is 93.3 cm³/mol. The van der Waals surface area contributed by atoms with Gasteiger partial charge in [0.25, 0.3) is 5.91 Å². The van der Waals surface area contributed by atoms with Gasteiger partial charge in [-0.25, -0.2) is 0 Å². The molecule has 0 bridgehead atoms. The highest BCUT2D eigenvalue weighted by Gasteiger charge is 2.30. The third kappa shape index (κ3) is 7.13. The molecule has 0 radical (unpaired) electrons. The van der Waals surface area contributed by atoms with Gasteiger partial charge in [-0.15, -0.1) is 0 Å². The summed E-state index contributed by atoms with van der Waals surface area (Å²) in [7, 11) is 1.32. The maximum atomic E-state index is 12.5. The molecule has 0 unspecified atom stereocenters. The number of carbonyl (C=O) groups excluding carboxylic acids is 1. The fourth-order valence-electron chi connectivity index (χ4n) is 2.35. The maximum Gasteiger partial charge on any atom is 0.416 e. The van der Waals surface area contributed by atoms with E-state index in [1.54, 1.807) is 6.07 Å². The molecule has 2 aromatic carbocycles. The van der Waals surface area contributed by atoms with E-state index in [-0.39, 0.29) is 30.4 Å². The molecule has 0 aliphatic heterocycles. The van der Waals surface area contributed by atoms with E-state index in [4.69, 9.17) is 9.47 Å². The molecule has 0 aliphatic carbocycles. The second kappa shape index (κ2) is 9.94. The van der Waals surface area contributed by atoms with Crippen molar-refractivity contribution in [2.24, 2.45) is 0 Å². The van der Waals surface area contributed by atoms with Gasteiger partial charge in [0.2, 0.25) is 0 Å². The number of methoxy groups -OCH3 is 1. The molecule has 0 fully saturated rings. The van der Waals surface area contributed by atoms with E-state index in [0.29, 0.717) is 12.0 Å². The Bertz CT molecular complexity index is 809. The summed E-state index contributed by atoms with van der Waals surface area (Å²) in [5, 5.41) is 2.56. The summed E-state index contributed by atoms with van der Waals surface area (Å²) in [5.74, 6) is -0.320. The molecule has 2 rings (SSSR count). The van der Waals surface area contributed by atoms with Crippen molar-refractivity contribution in [2.45, 2.75) is 19.2 Å². The second-order valence-corrected chi connectivity index (χ2v) is 5.77. The Morgan fingerprint density at radius 2 is 1.76 bits per heavy atom. The third-order valence-electron chi connectivity index (χ3n) is 3.73. The summed E-state index contributed by atoms with van der Waals surface area (Å²) in [6.07, 6.45) is -4.12. The average Bonchev–Trinajstić information content (AvgIpc) is 2.66. The van der Waals surface area contributed by atoms with E-state index < -0.39 is 24.3 Å². The monoisotopic (exact) mass is 419 g/mol. The summed E-state index contributed by atoms with van der Waals surface area (Å²) in [6, 6.07) is 8.46. The first-order valence-electron chi connectivity index (χ1n) is 8.37. The van der Waals surface area contributed by atoms with E-state index >= 15 is 0 Å². The third-order valence-corrected chi connectivity index (χ3v) is 3.73. The van der Waals surface area contributed by atoms with Gasteiger partial charge < -0.3 is 19.5 Å². The van der Waals surface area contributed by atoms with E-state index in [2.05, 4.69) is 10.1 Å². The predicted octanol–water partition coefficient (Wildman–Crippen LogP) is 4.05. The molecule has 10 heteroatoms. The van der Waals surface area contributed by atoms with Crippen LogP contribution in [0.4, 0.5) is 22.0 Å². The number of hydrogen-bond donors (Lipinski definition) is 1. The number of amides is 1. The highest BCUT2D eigenvalue weighted by molar-refractivity contribution is 5.77. The Balaban J connectivity index is 1.79. The topological polar surface area (TPSA) is 56.8 Å². The molecular weight excluding hydrogens is 401 g/mol. The molecular formula is C19H18F5NO4. The van der Waals surface area contributed by atoms with Crippen LogP contribution in [0.5, 0.6) is 17.2 Å². The zero-order chi connectivity index (χ0) is 21.4. The Hall–Kier alpha value is -3.04. The van der Waals surface area contributed by atoms with E-state index in [9.17, 15) is 26.7 Å². The van der Waals surface area contributed by atoms with Crippen LogP contribution in [-0.2, 0) is 17.4 Å². The van der Waals surface area contributed by atoms with Gasteiger partial charge in [-0.05, 0) is 48.4 Å². The Morgan fingerprint density at radius 1 is 1.07 bits per heavy atom. The van der Waals surface area contributed by atoms with Gasteiger partial charge in [0.15, 0.2) is 18.1 Å². The van der Waals surface area contributed by atoms with E-state index in [0.717, 1.165) is 24.3 Å². The van der Waals surface area contributed by atoms with Gasteiger partial charge in [0, 0.05) is 6.54 Å². The van der Waals surface area contributed by atoms with E-state index in [1.165, 1.54) is 19.2 Å². The van der Waals surface area contributed by atoms with Gasteiger partial charge in [-0.1, -0.05) is 6.07 Å². The number of rotatable bonds is 9. The molecule has 158 valence electrons. The first kappa shape index (κ1) is 22.3. The highest BCUT2D eigenvalue weighted by atomic mass is 19.4. The minimum atomic E-state index is -4.45. The average molecular weight is 419 g/mol. The van der Waals surface area contributed by atoms with Crippen LogP contribution in [0.2, 0.25) is 0 Å². The SMILES string of the molecule is COc1ccc(CCNC(=O)COc2ccc(C(F)(F)F)cc2)cc1OC(F)F. The fourth-order valence-corrected chi connectivity index (χ4v) is 2.35. The molecule has 5 nitrogen and oxygen atoms in total. The standard InChI is InChI=1S/C19H18F5NO4/c1-27-15-7-2-12(10-16(15)29-18(20)21)8-9-25-17(26)11-28-14-5-3-13(4-6-14)19(22,23)24/h2-7,10,18H,8-9,11H2,1H3,(H,25,26). The summed E-state index contributed by atoms with van der Waals surface area (Å²) >= 11 is 0. The van der Waals surface area contributed by atoms with Gasteiger partial charge in [0.1, 0.15) is 5.75 Å². The Kier molecular flexibility index (Phi) is 7.63. The molecule has 0 saturated heterocycles. The number of nitrogens with one attached hydrogen (secondary N) is 1. The number of halogens is 5. The first-order valence-corrected chi connectivity index (χ1v) is 8.37. The molecule has 0 atom stereocenters. The number of ether oxygens (including phenoxy) is 3. The van der Waals surface area contributed by atoms with Gasteiger partial charge in [0.05, 0.1) is 12.7 Å². The van der Waals surface area contributed by atoms with Crippen molar-refractivity contribution in [3.8, 4) is 17.2 Å². The largest absolute Gasteiger partial charge is 0.493 e. The molecule has 0 aromatic heterocycles. The lowest BCUT2D eigenvalue weighted by atomic mass is 10.1. The molecule has 29 heavy (non-hydrogen) atoms. The van der Waals surface area contributed by atoms with Crippen LogP contribution in [0, 0.1) is 0 Å². The summed E-state index contributed by atoms with van der Waals surface area (Å²) < 4.78 is 76.8. The number of hydrogen-bond acceptors (Lipinski definition) is 4. The quantitative estimate of drug-likeness (QED) is 0.623. The number of benzene rings is 2. The second-order valence-electron chi connectivity index (χ2n) is 5.77. The van der Waals surface area contributed by atoms with Crippen LogP contribution in [0.1, 0.15) is 11.1 Å². The van der Waals surface area contributed by atoms with Gasteiger partial charge in [-0.2, -0.15) is 22.0 Å². The summed E-state index contributed by atoms with van der Waals surface area (Å²) in [4.78, 5) is 11.8. The maximum absolute atomic E-state index is 12.5. The van der Waals surface area contributed by atoms with Crippen LogP contribution < -0.4 is 19.5 Å². The van der Waals surface area contributed by atoms with Crippen molar-refractivity contribution >= 4 is 5.91 Å². The summed E-state index contributed by atoms with van der Waals surface area (Å²) in [5.41, 5.74) is -0.186. The van der Waals surface area contributed by atoms with Crippen molar-refractivity contribution in [1.29, 1.82) is 0 Å². The smallest absolute Gasteiger partial charge is 0.416 e. The van der Waals surface area contributed by atoms with Crippen molar-refractivity contribution in [1.82, 2.24) is 5.32 Å². The minimum Gasteiger partial charge on any atom is -0.493 e. The lowest BCUT2D eigenvalue weighted by molar-refractivity contribution is -0.137. The minimum absolute atomic E-state index is 0.114. The van der Waals surface area contributed by atoms with Crippen molar-refractivity contribution in [3.63, 3.8) is 0 Å². The number of alkyl halides is 5. The van der Waals surface area contributed by atoms with E-state index in [1.807, 2.05) is 0 Å². The lowest BCUT2D eigenvalue weighted by Gasteiger charge is -2.12. The van der Waals surface area contributed by atoms with Crippen molar-refractivity contribution < 1.29 is 41.0 Å². The Morgan fingerprint density at radius 3 is 2.34 bits per heavy atom. The summed E-state index contributed by atoms with van der Waals surface area (Å²) in [6.45, 7) is -3.19. The van der Waals surface area contributed by atoms with Crippen LogP contribution in [-0.4, -0.2) is 32.8 Å². The molecule has 0 spiro atoms. The van der Waals surface area contributed by atoms with Crippen LogP contribution in [0.25, 0.3) is 0 Å². The highest BCUT2D eigenvalue weighted by Crippen LogP contribution is 2.30. The molecule has 1 N–H and O–H groups in total. The number of carbonyl (C=O) groups is 1. The van der Waals surface area contributed by atoms with Gasteiger partial charge >= 0.3 is 12.8 Å². The Labute approximate surface area is 163 Å². The first-order chi connectivity index (χ1) is 13.7. The molecule has 0 heterocycles. The zero-order valence-corrected chi connectivity index (χ0v) is 15.3. The molecule has 1 amide bonds. The van der Waals surface area contributed by atoms with Crippen LogP contribution in [0.3, 0.4) is 0 Å². The van der Waals surface area contributed by atoms with Crippen molar-refractivity contribution in [3.05, 3.63) is 53.6 Å². The lowest BCUT2D eigenvalue weighted by Crippen LogP contribution is -2.30. The zero-order valence-electron chi connectivity index (χ0n) is 15.3. The molecule has 0 aliphatic rings. The fraction of sp³-hybridized carbons (Fsp3) is 0.316. The van der Waals surface area contributed by atoms with Crippen LogP contribution >= 0.6 is 0 Å². The molecule has 0 saturated carbocycles. The van der Waals surface area contributed by atoms with Crippen LogP contribution in [0.15, 0.2) is 42.5 Å². The normalized spacial score (nSPS) is 11.3. The molecule has 2 aromatic rings.